The number of imidazole rings is 1. The molecular formula is C13H19N5O. The number of aromatic amines is 1. The summed E-state index contributed by atoms with van der Waals surface area (Å²) in [4.78, 5) is 19.2. The van der Waals surface area contributed by atoms with Crippen molar-refractivity contribution in [1.29, 1.82) is 0 Å². The van der Waals surface area contributed by atoms with Gasteiger partial charge in [-0.3, -0.25) is 4.79 Å². The van der Waals surface area contributed by atoms with E-state index in [9.17, 15) is 4.79 Å². The number of aromatic nitrogens is 2. The molecule has 0 radical (unpaired) electrons. The maximum absolute atomic E-state index is 11.7. The van der Waals surface area contributed by atoms with Crippen molar-refractivity contribution in [1.82, 2.24) is 15.3 Å². The lowest BCUT2D eigenvalue weighted by atomic mass is 10.3. The van der Waals surface area contributed by atoms with Crippen molar-refractivity contribution in [3.05, 3.63) is 18.2 Å². The van der Waals surface area contributed by atoms with Gasteiger partial charge in [0.05, 0.1) is 11.0 Å². The lowest BCUT2D eigenvalue weighted by Crippen LogP contribution is -2.38. The number of anilines is 2. The lowest BCUT2D eigenvalue weighted by Gasteiger charge is -2.12. The normalized spacial score (nSPS) is 12.3. The summed E-state index contributed by atoms with van der Waals surface area (Å²) in [7, 11) is 0. The highest BCUT2D eigenvalue weighted by Crippen LogP contribution is 2.17. The first-order valence-electron chi connectivity index (χ1n) is 6.39. The molecule has 1 unspecified atom stereocenters. The van der Waals surface area contributed by atoms with Crippen LogP contribution < -0.4 is 16.4 Å². The summed E-state index contributed by atoms with van der Waals surface area (Å²) in [5.74, 6) is 0.529. The molecule has 0 bridgehead atoms. The Morgan fingerprint density at radius 2 is 2.32 bits per heavy atom. The van der Waals surface area contributed by atoms with Crippen molar-refractivity contribution in [2.24, 2.45) is 0 Å². The standard InChI is InChI=1S/C13H19N5O/c1-3-6-15-12(19)8(2)16-13-17-10-5-4-9(14)7-11(10)18-13/h4-5,7-8H,3,6,14H2,1-2H3,(H,15,19)(H2,16,17,18). The number of carbonyl (C=O) groups is 1. The van der Waals surface area contributed by atoms with Gasteiger partial charge in [-0.15, -0.1) is 0 Å². The molecule has 102 valence electrons. The SMILES string of the molecule is CCCNC(=O)C(C)Nc1nc2ccc(N)cc2[nH]1. The quantitative estimate of drug-likeness (QED) is 0.613. The largest absolute Gasteiger partial charge is 0.399 e. The van der Waals surface area contributed by atoms with Crippen LogP contribution in [0.3, 0.4) is 0 Å². The third kappa shape index (κ3) is 3.15. The molecule has 2 rings (SSSR count). The van der Waals surface area contributed by atoms with Crippen LogP contribution in [0.25, 0.3) is 11.0 Å². The first-order chi connectivity index (χ1) is 9.10. The summed E-state index contributed by atoms with van der Waals surface area (Å²) in [6, 6.07) is 5.11. The summed E-state index contributed by atoms with van der Waals surface area (Å²) < 4.78 is 0. The van der Waals surface area contributed by atoms with E-state index in [0.29, 0.717) is 18.2 Å². The van der Waals surface area contributed by atoms with Gasteiger partial charge in [-0.2, -0.15) is 0 Å². The molecule has 0 aliphatic rings. The number of benzene rings is 1. The topological polar surface area (TPSA) is 95.8 Å². The first kappa shape index (κ1) is 13.2. The zero-order chi connectivity index (χ0) is 13.8. The fourth-order valence-corrected chi connectivity index (χ4v) is 1.77. The minimum atomic E-state index is -0.343. The van der Waals surface area contributed by atoms with E-state index in [-0.39, 0.29) is 11.9 Å². The molecule has 19 heavy (non-hydrogen) atoms. The van der Waals surface area contributed by atoms with Gasteiger partial charge in [0.25, 0.3) is 0 Å². The molecule has 0 aliphatic carbocycles. The monoisotopic (exact) mass is 261 g/mol. The Morgan fingerprint density at radius 1 is 1.53 bits per heavy atom. The van der Waals surface area contributed by atoms with Crippen LogP contribution in [0.4, 0.5) is 11.6 Å². The summed E-state index contributed by atoms with van der Waals surface area (Å²) >= 11 is 0. The second-order valence-electron chi connectivity index (χ2n) is 4.52. The molecule has 1 heterocycles. The average Bonchev–Trinajstić information content (AvgIpc) is 2.77. The number of nitrogens with one attached hydrogen (secondary N) is 3. The minimum Gasteiger partial charge on any atom is -0.399 e. The number of rotatable bonds is 5. The Bertz CT molecular complexity index is 577. The van der Waals surface area contributed by atoms with Crippen molar-refractivity contribution >= 4 is 28.6 Å². The van der Waals surface area contributed by atoms with E-state index >= 15 is 0 Å². The van der Waals surface area contributed by atoms with Crippen LogP contribution in [0.2, 0.25) is 0 Å². The van der Waals surface area contributed by atoms with E-state index in [1.807, 2.05) is 19.1 Å². The van der Waals surface area contributed by atoms with Crippen molar-refractivity contribution in [3.8, 4) is 0 Å². The summed E-state index contributed by atoms with van der Waals surface area (Å²) in [5.41, 5.74) is 8.05. The number of fused-ring (bicyclic) bond motifs is 1. The Kier molecular flexibility index (Phi) is 3.89. The number of hydrogen-bond acceptors (Lipinski definition) is 4. The Labute approximate surface area is 111 Å². The molecule has 6 nitrogen and oxygen atoms in total. The highest BCUT2D eigenvalue weighted by atomic mass is 16.2. The number of H-pyrrole nitrogens is 1. The molecule has 6 heteroatoms. The zero-order valence-electron chi connectivity index (χ0n) is 11.2. The van der Waals surface area contributed by atoms with Crippen molar-refractivity contribution < 1.29 is 4.79 Å². The van der Waals surface area contributed by atoms with E-state index in [4.69, 9.17) is 5.73 Å². The van der Waals surface area contributed by atoms with Gasteiger partial charge in [0.2, 0.25) is 11.9 Å². The highest BCUT2D eigenvalue weighted by Gasteiger charge is 2.13. The molecule has 0 aliphatic heterocycles. The third-order valence-electron chi connectivity index (χ3n) is 2.80. The zero-order valence-corrected chi connectivity index (χ0v) is 11.2. The summed E-state index contributed by atoms with van der Waals surface area (Å²) in [6.07, 6.45) is 0.919. The van der Waals surface area contributed by atoms with Crippen LogP contribution in [-0.2, 0) is 4.79 Å². The first-order valence-corrected chi connectivity index (χ1v) is 6.39. The van der Waals surface area contributed by atoms with Gasteiger partial charge in [-0.05, 0) is 31.5 Å². The Hall–Kier alpha value is -2.24. The lowest BCUT2D eigenvalue weighted by molar-refractivity contribution is -0.121. The van der Waals surface area contributed by atoms with E-state index < -0.39 is 0 Å². The predicted molar refractivity (Wildman–Crippen MR) is 76.9 cm³/mol. The molecule has 0 fully saturated rings. The van der Waals surface area contributed by atoms with Gasteiger partial charge in [0, 0.05) is 12.2 Å². The minimum absolute atomic E-state index is 0.0400. The van der Waals surface area contributed by atoms with Crippen LogP contribution >= 0.6 is 0 Å². The van der Waals surface area contributed by atoms with Crippen LogP contribution in [-0.4, -0.2) is 28.5 Å². The molecular weight excluding hydrogens is 242 g/mol. The van der Waals surface area contributed by atoms with Crippen LogP contribution in [0.1, 0.15) is 20.3 Å². The molecule has 5 N–H and O–H groups in total. The summed E-state index contributed by atoms with van der Waals surface area (Å²) in [6.45, 7) is 4.50. The smallest absolute Gasteiger partial charge is 0.242 e. The molecule has 1 aromatic heterocycles. The van der Waals surface area contributed by atoms with Crippen molar-refractivity contribution in [2.75, 3.05) is 17.6 Å². The number of amides is 1. The number of nitrogens with two attached hydrogens (primary N) is 1. The number of nitrogen functional groups attached to an aromatic ring is 1. The predicted octanol–water partition coefficient (Wildman–Crippen LogP) is 1.47. The average molecular weight is 261 g/mol. The maximum atomic E-state index is 11.7. The fourth-order valence-electron chi connectivity index (χ4n) is 1.77. The summed E-state index contributed by atoms with van der Waals surface area (Å²) in [5, 5.41) is 5.87. The van der Waals surface area contributed by atoms with Gasteiger partial charge < -0.3 is 21.4 Å². The molecule has 0 saturated carbocycles. The number of nitrogens with zero attached hydrogens (tertiary/aromatic N) is 1. The second kappa shape index (κ2) is 5.60. The van der Waals surface area contributed by atoms with Crippen LogP contribution in [0.15, 0.2) is 18.2 Å². The highest BCUT2D eigenvalue weighted by molar-refractivity contribution is 5.85. The fraction of sp³-hybridized carbons (Fsp3) is 0.385. The van der Waals surface area contributed by atoms with Crippen LogP contribution in [0.5, 0.6) is 0 Å². The van der Waals surface area contributed by atoms with Gasteiger partial charge >= 0.3 is 0 Å². The van der Waals surface area contributed by atoms with Gasteiger partial charge in [0.15, 0.2) is 0 Å². The molecule has 1 aromatic carbocycles. The molecule has 0 spiro atoms. The van der Waals surface area contributed by atoms with E-state index in [1.165, 1.54) is 0 Å². The van der Waals surface area contributed by atoms with Gasteiger partial charge in [-0.1, -0.05) is 6.92 Å². The number of carbonyl (C=O) groups excluding carboxylic acids is 1. The number of hydrogen-bond donors (Lipinski definition) is 4. The van der Waals surface area contributed by atoms with E-state index in [0.717, 1.165) is 17.5 Å². The molecule has 1 atom stereocenters. The second-order valence-corrected chi connectivity index (χ2v) is 4.52. The molecule has 0 saturated heterocycles. The molecule has 1 amide bonds. The molecule has 2 aromatic rings. The van der Waals surface area contributed by atoms with Crippen LogP contribution in [0, 0.1) is 0 Å². The van der Waals surface area contributed by atoms with Gasteiger partial charge in [-0.25, -0.2) is 4.98 Å². The van der Waals surface area contributed by atoms with Crippen molar-refractivity contribution in [2.45, 2.75) is 26.3 Å². The Balaban J connectivity index is 2.06. The Morgan fingerprint density at radius 3 is 3.05 bits per heavy atom. The van der Waals surface area contributed by atoms with E-state index in [1.54, 1.807) is 13.0 Å². The van der Waals surface area contributed by atoms with Gasteiger partial charge in [0.1, 0.15) is 6.04 Å². The third-order valence-corrected chi connectivity index (χ3v) is 2.80. The van der Waals surface area contributed by atoms with Crippen molar-refractivity contribution in [3.63, 3.8) is 0 Å². The maximum Gasteiger partial charge on any atom is 0.242 e. The van der Waals surface area contributed by atoms with E-state index in [2.05, 4.69) is 20.6 Å².